The highest BCUT2D eigenvalue weighted by atomic mass is 16.6. The summed E-state index contributed by atoms with van der Waals surface area (Å²) < 4.78 is 10.9. The van der Waals surface area contributed by atoms with E-state index in [9.17, 15) is 4.79 Å². The first-order valence-electron chi connectivity index (χ1n) is 6.94. The summed E-state index contributed by atoms with van der Waals surface area (Å²) in [6.07, 6.45) is 0. The van der Waals surface area contributed by atoms with Gasteiger partial charge in [-0.1, -0.05) is 35.9 Å². The summed E-state index contributed by atoms with van der Waals surface area (Å²) in [4.78, 5) is 11.9. The van der Waals surface area contributed by atoms with Crippen molar-refractivity contribution in [3.63, 3.8) is 0 Å². The Balaban J connectivity index is 1.99. The standard InChI is InChI=1S/C18H20O3/c1-12-8-9-16(15(4)10-12)21-17(19)11-20-18-13(2)6-5-7-14(18)3/h5-10H,11H2,1-4H3. The second-order valence-corrected chi connectivity index (χ2v) is 5.25. The predicted octanol–water partition coefficient (Wildman–Crippen LogP) is 3.90. The number of para-hydroxylation sites is 1. The molecule has 21 heavy (non-hydrogen) atoms. The number of rotatable bonds is 4. The summed E-state index contributed by atoms with van der Waals surface area (Å²) in [6.45, 7) is 7.74. The van der Waals surface area contributed by atoms with E-state index in [4.69, 9.17) is 9.47 Å². The molecule has 0 unspecified atom stereocenters. The minimum absolute atomic E-state index is 0.0982. The van der Waals surface area contributed by atoms with E-state index in [2.05, 4.69) is 0 Å². The summed E-state index contributed by atoms with van der Waals surface area (Å²) >= 11 is 0. The van der Waals surface area contributed by atoms with Crippen LogP contribution in [0.25, 0.3) is 0 Å². The van der Waals surface area contributed by atoms with Crippen LogP contribution in [0.5, 0.6) is 11.5 Å². The quantitative estimate of drug-likeness (QED) is 0.631. The predicted molar refractivity (Wildman–Crippen MR) is 83.0 cm³/mol. The van der Waals surface area contributed by atoms with E-state index in [1.54, 1.807) is 0 Å². The molecule has 0 radical (unpaired) electrons. The summed E-state index contributed by atoms with van der Waals surface area (Å²) in [6, 6.07) is 11.6. The van der Waals surface area contributed by atoms with Crippen molar-refractivity contribution in [2.24, 2.45) is 0 Å². The van der Waals surface area contributed by atoms with Gasteiger partial charge in [-0.2, -0.15) is 0 Å². The van der Waals surface area contributed by atoms with E-state index in [1.807, 2.05) is 64.1 Å². The van der Waals surface area contributed by atoms with Gasteiger partial charge < -0.3 is 9.47 Å². The van der Waals surface area contributed by atoms with Crippen molar-refractivity contribution in [1.82, 2.24) is 0 Å². The van der Waals surface area contributed by atoms with Crippen molar-refractivity contribution < 1.29 is 14.3 Å². The summed E-state index contributed by atoms with van der Waals surface area (Å²) in [5.74, 6) is 0.926. The van der Waals surface area contributed by atoms with E-state index in [-0.39, 0.29) is 6.61 Å². The largest absolute Gasteiger partial charge is 0.481 e. The van der Waals surface area contributed by atoms with Crippen molar-refractivity contribution in [3.8, 4) is 11.5 Å². The maximum absolute atomic E-state index is 11.9. The molecule has 0 bridgehead atoms. The van der Waals surface area contributed by atoms with Gasteiger partial charge in [-0.25, -0.2) is 4.79 Å². The van der Waals surface area contributed by atoms with Gasteiger partial charge in [0.2, 0.25) is 0 Å². The van der Waals surface area contributed by atoms with Gasteiger partial charge >= 0.3 is 5.97 Å². The van der Waals surface area contributed by atoms with Gasteiger partial charge in [0.15, 0.2) is 6.61 Å². The molecule has 0 fully saturated rings. The van der Waals surface area contributed by atoms with Gasteiger partial charge in [0.1, 0.15) is 11.5 Å². The zero-order valence-corrected chi connectivity index (χ0v) is 12.9. The van der Waals surface area contributed by atoms with Gasteiger partial charge in [0.05, 0.1) is 0 Å². The Morgan fingerprint density at radius 3 is 2.24 bits per heavy atom. The molecule has 0 atom stereocenters. The Hall–Kier alpha value is -2.29. The minimum atomic E-state index is -0.399. The third-order valence-electron chi connectivity index (χ3n) is 3.30. The average Bonchev–Trinajstić information content (AvgIpc) is 2.41. The van der Waals surface area contributed by atoms with E-state index in [1.165, 1.54) is 0 Å². The fraction of sp³-hybridized carbons (Fsp3) is 0.278. The normalized spacial score (nSPS) is 10.3. The lowest BCUT2D eigenvalue weighted by molar-refractivity contribution is -0.136. The second-order valence-electron chi connectivity index (χ2n) is 5.25. The van der Waals surface area contributed by atoms with E-state index >= 15 is 0 Å². The third kappa shape index (κ3) is 3.85. The number of hydrogen-bond donors (Lipinski definition) is 0. The van der Waals surface area contributed by atoms with Crippen LogP contribution in [0.4, 0.5) is 0 Å². The molecule has 2 aromatic rings. The molecule has 0 heterocycles. The fourth-order valence-electron chi connectivity index (χ4n) is 2.22. The van der Waals surface area contributed by atoms with Crippen LogP contribution in [0.1, 0.15) is 22.3 Å². The molecule has 0 aliphatic carbocycles. The Bertz CT molecular complexity index is 639. The molecular weight excluding hydrogens is 264 g/mol. The number of carbonyl (C=O) groups is 1. The van der Waals surface area contributed by atoms with Crippen LogP contribution in [0.2, 0.25) is 0 Å². The molecule has 0 N–H and O–H groups in total. The first kappa shape index (κ1) is 15.1. The Morgan fingerprint density at radius 1 is 0.952 bits per heavy atom. The van der Waals surface area contributed by atoms with Crippen molar-refractivity contribution >= 4 is 5.97 Å². The van der Waals surface area contributed by atoms with Crippen molar-refractivity contribution in [2.45, 2.75) is 27.7 Å². The van der Waals surface area contributed by atoms with Crippen LogP contribution in [0.3, 0.4) is 0 Å². The van der Waals surface area contributed by atoms with E-state index in [0.29, 0.717) is 5.75 Å². The van der Waals surface area contributed by atoms with Crippen LogP contribution in [0.15, 0.2) is 36.4 Å². The topological polar surface area (TPSA) is 35.5 Å². The highest BCUT2D eigenvalue weighted by Gasteiger charge is 2.10. The number of esters is 1. The molecule has 0 saturated heterocycles. The molecule has 2 rings (SSSR count). The summed E-state index contributed by atoms with van der Waals surface area (Å²) in [5.41, 5.74) is 4.10. The lowest BCUT2D eigenvalue weighted by Crippen LogP contribution is -2.18. The molecule has 0 saturated carbocycles. The maximum atomic E-state index is 11.9. The molecule has 110 valence electrons. The van der Waals surface area contributed by atoms with Crippen LogP contribution in [-0.2, 0) is 4.79 Å². The van der Waals surface area contributed by atoms with E-state index in [0.717, 1.165) is 28.0 Å². The molecule has 0 aromatic heterocycles. The molecule has 0 spiro atoms. The maximum Gasteiger partial charge on any atom is 0.349 e. The minimum Gasteiger partial charge on any atom is -0.481 e. The second kappa shape index (κ2) is 6.44. The van der Waals surface area contributed by atoms with Crippen molar-refractivity contribution in [3.05, 3.63) is 58.7 Å². The molecule has 0 aliphatic rings. The number of hydrogen-bond acceptors (Lipinski definition) is 3. The van der Waals surface area contributed by atoms with Crippen LogP contribution in [-0.4, -0.2) is 12.6 Å². The van der Waals surface area contributed by atoms with Gasteiger partial charge in [-0.3, -0.25) is 0 Å². The Morgan fingerprint density at radius 2 is 1.62 bits per heavy atom. The van der Waals surface area contributed by atoms with Crippen LogP contribution in [0, 0.1) is 27.7 Å². The number of aryl methyl sites for hydroxylation is 4. The van der Waals surface area contributed by atoms with Gasteiger partial charge in [-0.15, -0.1) is 0 Å². The fourth-order valence-corrected chi connectivity index (χ4v) is 2.22. The molecule has 3 nitrogen and oxygen atoms in total. The highest BCUT2D eigenvalue weighted by Crippen LogP contribution is 2.23. The average molecular weight is 284 g/mol. The first-order chi connectivity index (χ1) is 9.97. The monoisotopic (exact) mass is 284 g/mol. The first-order valence-corrected chi connectivity index (χ1v) is 6.94. The van der Waals surface area contributed by atoms with Gasteiger partial charge in [-0.05, 0) is 50.5 Å². The number of benzene rings is 2. The zero-order valence-electron chi connectivity index (χ0n) is 12.9. The molecule has 3 heteroatoms. The SMILES string of the molecule is Cc1ccc(OC(=O)COc2c(C)cccc2C)c(C)c1. The number of carbonyl (C=O) groups excluding carboxylic acids is 1. The third-order valence-corrected chi connectivity index (χ3v) is 3.30. The van der Waals surface area contributed by atoms with Crippen molar-refractivity contribution in [1.29, 1.82) is 0 Å². The Kier molecular flexibility index (Phi) is 4.63. The van der Waals surface area contributed by atoms with Gasteiger partial charge in [0.25, 0.3) is 0 Å². The zero-order chi connectivity index (χ0) is 15.4. The molecule has 0 amide bonds. The molecule has 2 aromatic carbocycles. The summed E-state index contributed by atoms with van der Waals surface area (Å²) in [7, 11) is 0. The molecule has 0 aliphatic heterocycles. The van der Waals surface area contributed by atoms with E-state index < -0.39 is 5.97 Å². The van der Waals surface area contributed by atoms with Gasteiger partial charge in [0, 0.05) is 0 Å². The molecular formula is C18H20O3. The summed E-state index contributed by atoms with van der Waals surface area (Å²) in [5, 5.41) is 0. The smallest absolute Gasteiger partial charge is 0.349 e. The highest BCUT2D eigenvalue weighted by molar-refractivity contribution is 5.74. The lowest BCUT2D eigenvalue weighted by atomic mass is 10.1. The Labute approximate surface area is 125 Å². The number of ether oxygens (including phenoxy) is 2. The lowest BCUT2D eigenvalue weighted by Gasteiger charge is -2.12. The van der Waals surface area contributed by atoms with Crippen molar-refractivity contribution in [2.75, 3.05) is 6.61 Å². The van der Waals surface area contributed by atoms with Crippen LogP contribution >= 0.6 is 0 Å². The van der Waals surface area contributed by atoms with Crippen LogP contribution < -0.4 is 9.47 Å².